The zero-order valence-electron chi connectivity index (χ0n) is 15.4. The van der Waals surface area contributed by atoms with E-state index in [1.807, 2.05) is 12.1 Å². The number of hydrogen-bond donors (Lipinski definition) is 2. The number of anilines is 2. The van der Waals surface area contributed by atoms with Crippen molar-refractivity contribution < 1.29 is 23.8 Å². The lowest BCUT2D eigenvalue weighted by Crippen LogP contribution is -2.06. The summed E-state index contributed by atoms with van der Waals surface area (Å²) in [4.78, 5) is 16.4. The molecule has 142 valence electrons. The maximum absolute atomic E-state index is 12.3. The van der Waals surface area contributed by atoms with Crippen LogP contribution in [0.25, 0.3) is 21.7 Å². The smallest absolute Gasteiger partial charge is 0.376 e. The Balaban J connectivity index is 1.79. The number of fused-ring (bicyclic) bond motifs is 2. The van der Waals surface area contributed by atoms with E-state index in [9.17, 15) is 9.90 Å². The summed E-state index contributed by atoms with van der Waals surface area (Å²) in [6.07, 6.45) is 3.18. The monoisotopic (exact) mass is 378 g/mol. The number of methoxy groups -OCH3 is 1. The molecule has 0 saturated carbocycles. The van der Waals surface area contributed by atoms with Crippen LogP contribution in [0.4, 0.5) is 11.4 Å². The topological polar surface area (TPSA) is 93.8 Å². The number of pyridine rings is 1. The molecule has 4 aromatic rings. The summed E-state index contributed by atoms with van der Waals surface area (Å²) in [6.45, 7) is 1.98. The summed E-state index contributed by atoms with van der Waals surface area (Å²) in [5.41, 5.74) is 1.71. The summed E-state index contributed by atoms with van der Waals surface area (Å²) in [7, 11) is 1.51. The molecule has 0 atom stereocenters. The number of benzene rings is 2. The van der Waals surface area contributed by atoms with Crippen molar-refractivity contribution in [1.29, 1.82) is 0 Å². The summed E-state index contributed by atoms with van der Waals surface area (Å²) >= 11 is 0. The quantitative estimate of drug-likeness (QED) is 0.490. The molecule has 4 rings (SSSR count). The number of phenolic OH excluding ortho intramolecular Hbond substituents is 1. The van der Waals surface area contributed by atoms with Crippen LogP contribution in [0, 0.1) is 0 Å². The van der Waals surface area contributed by atoms with Gasteiger partial charge in [-0.2, -0.15) is 0 Å². The Kier molecular flexibility index (Phi) is 4.49. The number of furan rings is 1. The van der Waals surface area contributed by atoms with Crippen LogP contribution in [0.2, 0.25) is 0 Å². The Labute approximate surface area is 160 Å². The zero-order chi connectivity index (χ0) is 19.7. The van der Waals surface area contributed by atoms with Gasteiger partial charge in [0.05, 0.1) is 19.9 Å². The molecule has 0 aliphatic carbocycles. The average molecular weight is 378 g/mol. The number of hydrogen-bond acceptors (Lipinski definition) is 7. The Morgan fingerprint density at radius 3 is 2.86 bits per heavy atom. The first-order chi connectivity index (χ1) is 13.6. The molecule has 0 unspecified atom stereocenters. The first kappa shape index (κ1) is 17.7. The number of carbonyl (C=O) groups is 1. The second-order valence-electron chi connectivity index (χ2n) is 6.08. The maximum atomic E-state index is 12.3. The highest BCUT2D eigenvalue weighted by Crippen LogP contribution is 2.37. The first-order valence-electron chi connectivity index (χ1n) is 8.72. The van der Waals surface area contributed by atoms with E-state index in [0.717, 1.165) is 16.5 Å². The van der Waals surface area contributed by atoms with Gasteiger partial charge in [-0.15, -0.1) is 0 Å². The molecule has 2 aromatic heterocycles. The first-order valence-corrected chi connectivity index (χ1v) is 8.72. The van der Waals surface area contributed by atoms with Gasteiger partial charge in [-0.1, -0.05) is 6.07 Å². The Morgan fingerprint density at radius 1 is 1.21 bits per heavy atom. The van der Waals surface area contributed by atoms with Gasteiger partial charge in [0, 0.05) is 22.7 Å². The standard InChI is InChI=1S/C21H18N2O5/c1-3-27-21(25)20-18(15-8-9-22-11-17(15)28-20)23-13-5-6-14-12(10-13)4-7-16(26-2)19(14)24/h4-11,23-24H,3H2,1-2H3. The van der Waals surface area contributed by atoms with Crippen molar-refractivity contribution in [3.8, 4) is 11.5 Å². The van der Waals surface area contributed by atoms with Gasteiger partial charge in [0.25, 0.3) is 0 Å². The Morgan fingerprint density at radius 2 is 2.07 bits per heavy atom. The fourth-order valence-corrected chi connectivity index (χ4v) is 3.10. The van der Waals surface area contributed by atoms with Crippen LogP contribution >= 0.6 is 0 Å². The van der Waals surface area contributed by atoms with Crippen LogP contribution in [0.15, 0.2) is 53.2 Å². The summed E-state index contributed by atoms with van der Waals surface area (Å²) in [5, 5.41) is 15.7. The largest absolute Gasteiger partial charge is 0.504 e. The average Bonchev–Trinajstić information content (AvgIpc) is 3.07. The number of rotatable bonds is 5. The molecule has 2 aromatic carbocycles. The molecular formula is C21H18N2O5. The molecule has 0 radical (unpaired) electrons. The van der Waals surface area contributed by atoms with Crippen molar-refractivity contribution in [3.05, 3.63) is 54.6 Å². The van der Waals surface area contributed by atoms with Crippen molar-refractivity contribution in [2.75, 3.05) is 19.0 Å². The minimum absolute atomic E-state index is 0.0820. The normalized spacial score (nSPS) is 10.9. The third-order valence-electron chi connectivity index (χ3n) is 4.40. The minimum atomic E-state index is -0.552. The summed E-state index contributed by atoms with van der Waals surface area (Å²) in [5.74, 6) is 0.0247. The van der Waals surface area contributed by atoms with Crippen LogP contribution in [-0.2, 0) is 4.74 Å². The van der Waals surface area contributed by atoms with Crippen molar-refractivity contribution in [1.82, 2.24) is 4.98 Å². The minimum Gasteiger partial charge on any atom is -0.504 e. The molecule has 0 saturated heterocycles. The third kappa shape index (κ3) is 2.96. The number of ether oxygens (including phenoxy) is 2. The van der Waals surface area contributed by atoms with E-state index in [4.69, 9.17) is 13.9 Å². The fraction of sp³-hybridized carbons (Fsp3) is 0.143. The van der Waals surface area contributed by atoms with Crippen molar-refractivity contribution in [3.63, 3.8) is 0 Å². The summed E-state index contributed by atoms with van der Waals surface area (Å²) < 4.78 is 15.9. The molecule has 2 N–H and O–H groups in total. The van der Waals surface area contributed by atoms with E-state index in [-0.39, 0.29) is 18.1 Å². The van der Waals surface area contributed by atoms with Gasteiger partial charge in [0.1, 0.15) is 5.69 Å². The molecule has 0 amide bonds. The van der Waals surface area contributed by atoms with Gasteiger partial charge in [0.2, 0.25) is 5.76 Å². The van der Waals surface area contributed by atoms with Gasteiger partial charge in [-0.05, 0) is 42.6 Å². The molecular weight excluding hydrogens is 360 g/mol. The number of esters is 1. The second kappa shape index (κ2) is 7.11. The molecule has 0 aliphatic rings. The number of carbonyl (C=O) groups excluding carboxylic acids is 1. The van der Waals surface area contributed by atoms with E-state index in [1.165, 1.54) is 7.11 Å². The molecule has 7 heteroatoms. The second-order valence-corrected chi connectivity index (χ2v) is 6.08. The van der Waals surface area contributed by atoms with E-state index in [1.54, 1.807) is 43.6 Å². The van der Waals surface area contributed by atoms with Gasteiger partial charge in [-0.25, -0.2) is 4.79 Å². The van der Waals surface area contributed by atoms with Gasteiger partial charge in [-0.3, -0.25) is 4.98 Å². The maximum Gasteiger partial charge on any atom is 0.376 e. The van der Waals surface area contributed by atoms with Crippen LogP contribution in [0.1, 0.15) is 17.5 Å². The van der Waals surface area contributed by atoms with Crippen molar-refractivity contribution >= 4 is 39.1 Å². The molecule has 0 spiro atoms. The van der Waals surface area contributed by atoms with E-state index in [2.05, 4.69) is 10.3 Å². The van der Waals surface area contributed by atoms with Crippen molar-refractivity contribution in [2.45, 2.75) is 6.92 Å². The highest BCUT2D eigenvalue weighted by Gasteiger charge is 2.22. The molecule has 2 heterocycles. The molecule has 0 fully saturated rings. The number of aromatic nitrogens is 1. The van der Waals surface area contributed by atoms with Gasteiger partial charge < -0.3 is 24.3 Å². The van der Waals surface area contributed by atoms with Crippen LogP contribution in [-0.4, -0.2) is 29.8 Å². The molecule has 0 bridgehead atoms. The number of nitrogens with one attached hydrogen (secondary N) is 1. The third-order valence-corrected chi connectivity index (χ3v) is 4.40. The molecule has 28 heavy (non-hydrogen) atoms. The SMILES string of the molecule is CCOC(=O)c1oc2cnccc2c1Nc1ccc2c(O)c(OC)ccc2c1. The summed E-state index contributed by atoms with van der Waals surface area (Å²) in [6, 6.07) is 10.8. The van der Waals surface area contributed by atoms with E-state index in [0.29, 0.717) is 22.4 Å². The fourth-order valence-electron chi connectivity index (χ4n) is 3.10. The highest BCUT2D eigenvalue weighted by atomic mass is 16.5. The predicted octanol–water partition coefficient (Wildman–Crippen LogP) is 4.62. The zero-order valence-corrected chi connectivity index (χ0v) is 15.4. The van der Waals surface area contributed by atoms with Crippen molar-refractivity contribution in [2.24, 2.45) is 0 Å². The van der Waals surface area contributed by atoms with Crippen LogP contribution < -0.4 is 10.1 Å². The van der Waals surface area contributed by atoms with E-state index >= 15 is 0 Å². The molecule has 0 aliphatic heterocycles. The number of aromatic hydroxyl groups is 1. The lowest BCUT2D eigenvalue weighted by atomic mass is 10.1. The number of nitrogens with zero attached hydrogens (tertiary/aromatic N) is 1. The van der Waals surface area contributed by atoms with Crippen LogP contribution in [0.3, 0.4) is 0 Å². The predicted molar refractivity (Wildman–Crippen MR) is 105 cm³/mol. The van der Waals surface area contributed by atoms with E-state index < -0.39 is 5.97 Å². The van der Waals surface area contributed by atoms with Crippen LogP contribution in [0.5, 0.6) is 11.5 Å². The van der Waals surface area contributed by atoms with Gasteiger partial charge in [0.15, 0.2) is 17.1 Å². The lowest BCUT2D eigenvalue weighted by Gasteiger charge is -2.10. The lowest BCUT2D eigenvalue weighted by molar-refractivity contribution is 0.0494. The van der Waals surface area contributed by atoms with Gasteiger partial charge >= 0.3 is 5.97 Å². The Hall–Kier alpha value is -3.74. The molecule has 7 nitrogen and oxygen atoms in total. The number of phenols is 1. The Bertz CT molecular complexity index is 1180. The highest BCUT2D eigenvalue weighted by molar-refractivity contribution is 6.05.